The summed E-state index contributed by atoms with van der Waals surface area (Å²) in [5.41, 5.74) is -0.419. The summed E-state index contributed by atoms with van der Waals surface area (Å²) in [5, 5.41) is 8.31. The van der Waals surface area contributed by atoms with Gasteiger partial charge in [0.1, 0.15) is 0 Å². The van der Waals surface area contributed by atoms with E-state index in [-0.39, 0.29) is 0 Å². The highest BCUT2D eigenvalue weighted by Gasteiger charge is 2.45. The molecule has 0 bridgehead atoms. The first-order valence-corrected chi connectivity index (χ1v) is 6.01. The molecule has 1 fully saturated rings. The van der Waals surface area contributed by atoms with E-state index >= 15 is 0 Å². The van der Waals surface area contributed by atoms with Crippen LogP contribution >= 0.6 is 23.5 Å². The van der Waals surface area contributed by atoms with Crippen LogP contribution in [-0.2, 0) is 4.74 Å². The van der Waals surface area contributed by atoms with Crippen LogP contribution in [-0.4, -0.2) is 21.6 Å². The Morgan fingerprint density at radius 2 is 1.83 bits per heavy atom. The first-order valence-electron chi connectivity index (χ1n) is 4.04. The first kappa shape index (κ1) is 8.84. The van der Waals surface area contributed by atoms with Crippen molar-refractivity contribution in [3.05, 3.63) is 0 Å². The highest BCUT2D eigenvalue weighted by Crippen LogP contribution is 2.50. The second-order valence-corrected chi connectivity index (χ2v) is 6.08. The van der Waals surface area contributed by atoms with E-state index in [1.54, 1.807) is 23.5 Å². The summed E-state index contributed by atoms with van der Waals surface area (Å²) in [5.74, 6) is 2.25. The fourth-order valence-corrected chi connectivity index (χ4v) is 3.99. The summed E-state index contributed by atoms with van der Waals surface area (Å²) in [4.78, 5) is 0. The fraction of sp³-hybridized carbons (Fsp3) is 1.00. The normalized spacial score (nSPS) is 31.2. The van der Waals surface area contributed by atoms with Gasteiger partial charge in [0, 0.05) is 0 Å². The number of nitrogens with zero attached hydrogens (tertiary/aromatic N) is 2. The first-order chi connectivity index (χ1) is 5.62. The molecule has 0 unspecified atom stereocenters. The van der Waals surface area contributed by atoms with Crippen LogP contribution in [0.1, 0.15) is 20.3 Å². The topological polar surface area (TPSA) is 34.0 Å². The van der Waals surface area contributed by atoms with Gasteiger partial charge in [-0.3, -0.25) is 0 Å². The quantitative estimate of drug-likeness (QED) is 0.608. The molecule has 0 saturated carbocycles. The molecule has 5 heteroatoms. The Morgan fingerprint density at radius 3 is 2.33 bits per heavy atom. The Labute approximate surface area is 80.7 Å². The molecular formula is C7H12N2OS2. The zero-order chi connectivity index (χ0) is 8.66. The van der Waals surface area contributed by atoms with Crippen molar-refractivity contribution in [1.82, 2.24) is 0 Å². The number of thioether (sulfide) groups is 2. The summed E-state index contributed by atoms with van der Waals surface area (Å²) in [6, 6.07) is 0. The smallest absolute Gasteiger partial charge is 0.278 e. The van der Waals surface area contributed by atoms with Crippen LogP contribution in [0, 0.1) is 0 Å². The zero-order valence-electron chi connectivity index (χ0n) is 7.24. The standard InChI is InChI=1S/C7H12N2OS2/c1-6(2)8-9-7(10-6)11-4-3-5-12-7/h3-5H2,1-2H3. The van der Waals surface area contributed by atoms with Crippen LogP contribution in [0.25, 0.3) is 0 Å². The average molecular weight is 204 g/mol. The third kappa shape index (κ3) is 1.63. The molecule has 0 amide bonds. The molecule has 0 aromatic carbocycles. The number of ether oxygens (including phenoxy) is 1. The summed E-state index contributed by atoms with van der Waals surface area (Å²) in [6.07, 6.45) is 1.25. The lowest BCUT2D eigenvalue weighted by atomic mass is 10.3. The fourth-order valence-electron chi connectivity index (χ4n) is 1.16. The minimum atomic E-state index is -0.419. The molecule has 2 heterocycles. The summed E-state index contributed by atoms with van der Waals surface area (Å²) < 4.78 is 5.37. The molecule has 0 radical (unpaired) electrons. The third-order valence-corrected chi connectivity index (χ3v) is 4.40. The molecule has 0 aromatic rings. The van der Waals surface area contributed by atoms with Gasteiger partial charge in [0.05, 0.1) is 0 Å². The zero-order valence-corrected chi connectivity index (χ0v) is 8.87. The van der Waals surface area contributed by atoms with Crippen molar-refractivity contribution in [2.24, 2.45) is 10.2 Å². The highest BCUT2D eigenvalue weighted by atomic mass is 32.2. The summed E-state index contributed by atoms with van der Waals surface area (Å²) >= 11 is 3.51. The van der Waals surface area contributed by atoms with Crippen molar-refractivity contribution in [2.75, 3.05) is 11.5 Å². The van der Waals surface area contributed by atoms with Gasteiger partial charge in [-0.05, 0) is 31.8 Å². The Hall–Kier alpha value is 0.260. The van der Waals surface area contributed by atoms with Crippen LogP contribution in [0.2, 0.25) is 0 Å². The Bertz CT molecular complexity index is 211. The SMILES string of the molecule is CC1(C)N=NC2(O1)SCCCS2. The maximum absolute atomic E-state index is 5.77. The molecule has 2 rings (SSSR count). The van der Waals surface area contributed by atoms with Crippen LogP contribution in [0.4, 0.5) is 0 Å². The molecular weight excluding hydrogens is 192 g/mol. The number of azo groups is 1. The van der Waals surface area contributed by atoms with Crippen LogP contribution in [0.3, 0.4) is 0 Å². The van der Waals surface area contributed by atoms with Gasteiger partial charge in [0.25, 0.3) is 4.39 Å². The molecule has 0 aliphatic carbocycles. The Morgan fingerprint density at radius 1 is 1.17 bits per heavy atom. The van der Waals surface area contributed by atoms with Gasteiger partial charge < -0.3 is 4.74 Å². The van der Waals surface area contributed by atoms with Crippen molar-refractivity contribution in [3.8, 4) is 0 Å². The molecule has 0 atom stereocenters. The van der Waals surface area contributed by atoms with Gasteiger partial charge in [-0.15, -0.1) is 5.11 Å². The van der Waals surface area contributed by atoms with Gasteiger partial charge in [-0.1, -0.05) is 23.5 Å². The third-order valence-electron chi connectivity index (χ3n) is 1.65. The van der Waals surface area contributed by atoms with Crippen molar-refractivity contribution < 1.29 is 4.74 Å². The lowest BCUT2D eigenvalue weighted by Crippen LogP contribution is -2.29. The second-order valence-electron chi connectivity index (χ2n) is 3.32. The van der Waals surface area contributed by atoms with E-state index in [0.717, 1.165) is 11.5 Å². The number of rotatable bonds is 0. The maximum atomic E-state index is 5.77. The van der Waals surface area contributed by atoms with Gasteiger partial charge in [-0.25, -0.2) is 0 Å². The number of hydrogen-bond donors (Lipinski definition) is 0. The monoisotopic (exact) mass is 204 g/mol. The van der Waals surface area contributed by atoms with Crippen LogP contribution in [0.5, 0.6) is 0 Å². The van der Waals surface area contributed by atoms with E-state index in [1.165, 1.54) is 6.42 Å². The predicted octanol–water partition coefficient (Wildman–Crippen LogP) is 2.69. The molecule has 2 aliphatic rings. The predicted molar refractivity (Wildman–Crippen MR) is 52.3 cm³/mol. The average Bonchev–Trinajstić information content (AvgIpc) is 2.29. The van der Waals surface area contributed by atoms with Gasteiger partial charge >= 0.3 is 0 Å². The van der Waals surface area contributed by atoms with E-state index in [1.807, 2.05) is 13.8 Å². The van der Waals surface area contributed by atoms with E-state index in [9.17, 15) is 0 Å². The molecule has 68 valence electrons. The van der Waals surface area contributed by atoms with Gasteiger partial charge in [0.15, 0.2) is 5.72 Å². The number of hydrogen-bond acceptors (Lipinski definition) is 5. The molecule has 1 saturated heterocycles. The Kier molecular flexibility index (Phi) is 2.13. The van der Waals surface area contributed by atoms with Crippen LogP contribution < -0.4 is 0 Å². The molecule has 0 N–H and O–H groups in total. The minimum Gasteiger partial charge on any atom is -0.306 e. The van der Waals surface area contributed by atoms with E-state index in [2.05, 4.69) is 10.2 Å². The maximum Gasteiger partial charge on any atom is 0.278 e. The van der Waals surface area contributed by atoms with Crippen molar-refractivity contribution in [2.45, 2.75) is 30.4 Å². The Balaban J connectivity index is 2.10. The molecule has 0 aromatic heterocycles. The van der Waals surface area contributed by atoms with Crippen molar-refractivity contribution >= 4 is 23.5 Å². The van der Waals surface area contributed by atoms with Gasteiger partial charge in [-0.2, -0.15) is 5.11 Å². The van der Waals surface area contributed by atoms with Crippen molar-refractivity contribution in [1.29, 1.82) is 0 Å². The summed E-state index contributed by atoms with van der Waals surface area (Å²) in [7, 11) is 0. The summed E-state index contributed by atoms with van der Waals surface area (Å²) in [6.45, 7) is 3.89. The van der Waals surface area contributed by atoms with Crippen molar-refractivity contribution in [3.63, 3.8) is 0 Å². The molecule has 2 aliphatic heterocycles. The van der Waals surface area contributed by atoms with E-state index in [0.29, 0.717) is 0 Å². The minimum absolute atomic E-state index is 0.401. The second kappa shape index (κ2) is 2.89. The molecule has 3 nitrogen and oxygen atoms in total. The van der Waals surface area contributed by atoms with Gasteiger partial charge in [0.2, 0.25) is 0 Å². The molecule has 1 spiro atoms. The lowest BCUT2D eigenvalue weighted by molar-refractivity contribution is -0.00320. The largest absolute Gasteiger partial charge is 0.306 e. The van der Waals surface area contributed by atoms with Crippen LogP contribution in [0.15, 0.2) is 10.2 Å². The highest BCUT2D eigenvalue weighted by molar-refractivity contribution is 8.18. The van der Waals surface area contributed by atoms with E-state index < -0.39 is 10.1 Å². The van der Waals surface area contributed by atoms with E-state index in [4.69, 9.17) is 4.74 Å². The molecule has 12 heavy (non-hydrogen) atoms. The lowest BCUT2D eigenvalue weighted by Gasteiger charge is -2.29.